The van der Waals surface area contributed by atoms with Gasteiger partial charge in [0.25, 0.3) is 5.91 Å². The summed E-state index contributed by atoms with van der Waals surface area (Å²) in [5.74, 6) is -0.404. The number of rotatable bonds is 3. The molecule has 0 N–H and O–H groups in total. The second-order valence-corrected chi connectivity index (χ2v) is 6.63. The van der Waals surface area contributed by atoms with Crippen molar-refractivity contribution in [2.75, 3.05) is 13.1 Å². The fourth-order valence-corrected chi connectivity index (χ4v) is 3.15. The van der Waals surface area contributed by atoms with Crippen molar-refractivity contribution in [2.45, 2.75) is 18.7 Å². The molecule has 1 aromatic heterocycles. The first-order valence-electron chi connectivity index (χ1n) is 7.68. The number of nitrogens with zero attached hydrogens (tertiary/aromatic N) is 2. The van der Waals surface area contributed by atoms with E-state index in [0.717, 1.165) is 18.3 Å². The predicted octanol–water partition coefficient (Wildman–Crippen LogP) is 4.70. The Kier molecular flexibility index (Phi) is 5.29. The van der Waals surface area contributed by atoms with Crippen molar-refractivity contribution in [1.82, 2.24) is 9.88 Å². The van der Waals surface area contributed by atoms with Gasteiger partial charge >= 0.3 is 6.18 Å². The Balaban J connectivity index is 1.66. The molecule has 9 heteroatoms. The van der Waals surface area contributed by atoms with Crippen molar-refractivity contribution >= 4 is 29.1 Å². The SMILES string of the molecule is O=C(c1ccc(Cl)cc1Cl)N1CCC(Oc2cc(C(F)(F)F)ccn2)C1. The van der Waals surface area contributed by atoms with Crippen LogP contribution in [0.5, 0.6) is 5.88 Å². The van der Waals surface area contributed by atoms with E-state index in [4.69, 9.17) is 27.9 Å². The molecular weight excluding hydrogens is 392 g/mol. The largest absolute Gasteiger partial charge is 0.472 e. The zero-order valence-electron chi connectivity index (χ0n) is 13.3. The maximum atomic E-state index is 12.7. The fourth-order valence-electron chi connectivity index (χ4n) is 2.66. The molecule has 1 aromatic carbocycles. The van der Waals surface area contributed by atoms with Gasteiger partial charge in [0.2, 0.25) is 5.88 Å². The number of hydrogen-bond donors (Lipinski definition) is 0. The van der Waals surface area contributed by atoms with Crippen LogP contribution in [0, 0.1) is 0 Å². The van der Waals surface area contributed by atoms with Crippen LogP contribution in [-0.4, -0.2) is 35.0 Å². The first-order chi connectivity index (χ1) is 12.2. The zero-order chi connectivity index (χ0) is 18.9. The number of carbonyl (C=O) groups is 1. The third-order valence-corrected chi connectivity index (χ3v) is 4.49. The highest BCUT2D eigenvalue weighted by Gasteiger charge is 2.32. The van der Waals surface area contributed by atoms with E-state index < -0.39 is 17.8 Å². The summed E-state index contributed by atoms with van der Waals surface area (Å²) < 4.78 is 43.8. The zero-order valence-corrected chi connectivity index (χ0v) is 14.8. The van der Waals surface area contributed by atoms with Gasteiger partial charge in [0.15, 0.2) is 0 Å². The molecule has 3 rings (SSSR count). The van der Waals surface area contributed by atoms with Crippen molar-refractivity contribution in [2.24, 2.45) is 0 Å². The quantitative estimate of drug-likeness (QED) is 0.744. The van der Waals surface area contributed by atoms with Gasteiger partial charge < -0.3 is 9.64 Å². The molecule has 0 radical (unpaired) electrons. The minimum atomic E-state index is -4.47. The van der Waals surface area contributed by atoms with Crippen LogP contribution in [0.4, 0.5) is 13.2 Å². The summed E-state index contributed by atoms with van der Waals surface area (Å²) in [6, 6.07) is 6.31. The number of benzene rings is 1. The van der Waals surface area contributed by atoms with Gasteiger partial charge in [0.05, 0.1) is 22.7 Å². The standard InChI is InChI=1S/C17H13Cl2F3N2O2/c18-11-1-2-13(14(19)8-11)16(25)24-6-4-12(9-24)26-15-7-10(3-5-23-15)17(20,21)22/h1-3,5,7-8,12H,4,6,9H2. The van der Waals surface area contributed by atoms with E-state index in [-0.39, 0.29) is 23.4 Å². The number of ether oxygens (including phenoxy) is 1. The normalized spacial score (nSPS) is 17.4. The molecule has 138 valence electrons. The van der Waals surface area contributed by atoms with E-state index in [2.05, 4.69) is 4.98 Å². The Morgan fingerprint density at radius 1 is 1.23 bits per heavy atom. The Bertz CT molecular complexity index is 830. The van der Waals surface area contributed by atoms with Crippen LogP contribution in [0.1, 0.15) is 22.3 Å². The van der Waals surface area contributed by atoms with Crippen LogP contribution in [0.25, 0.3) is 0 Å². The minimum Gasteiger partial charge on any atom is -0.472 e. The van der Waals surface area contributed by atoms with Gasteiger partial charge in [-0.2, -0.15) is 13.2 Å². The van der Waals surface area contributed by atoms with E-state index in [1.54, 1.807) is 6.07 Å². The molecule has 1 aliphatic rings. The highest BCUT2D eigenvalue weighted by Crippen LogP contribution is 2.31. The molecule has 2 aromatic rings. The molecule has 0 saturated carbocycles. The summed E-state index contributed by atoms with van der Waals surface area (Å²) in [6.07, 6.45) is -3.39. The lowest BCUT2D eigenvalue weighted by Crippen LogP contribution is -2.31. The lowest BCUT2D eigenvalue weighted by Gasteiger charge is -2.18. The number of alkyl halides is 3. The molecule has 1 unspecified atom stereocenters. The number of aromatic nitrogens is 1. The minimum absolute atomic E-state index is 0.122. The Hall–Kier alpha value is -1.99. The van der Waals surface area contributed by atoms with Crippen molar-refractivity contribution in [3.63, 3.8) is 0 Å². The second kappa shape index (κ2) is 7.32. The molecule has 1 fully saturated rings. The first kappa shape index (κ1) is 18.8. The molecule has 1 amide bonds. The predicted molar refractivity (Wildman–Crippen MR) is 90.6 cm³/mol. The summed E-state index contributed by atoms with van der Waals surface area (Å²) in [7, 11) is 0. The summed E-state index contributed by atoms with van der Waals surface area (Å²) in [6.45, 7) is 0.636. The summed E-state index contributed by atoms with van der Waals surface area (Å²) in [5, 5.41) is 0.663. The van der Waals surface area contributed by atoms with Crippen LogP contribution in [0.3, 0.4) is 0 Å². The van der Waals surface area contributed by atoms with Gasteiger partial charge in [0, 0.05) is 30.3 Å². The summed E-state index contributed by atoms with van der Waals surface area (Å²) >= 11 is 11.9. The van der Waals surface area contributed by atoms with Gasteiger partial charge in [0.1, 0.15) is 6.10 Å². The number of carbonyl (C=O) groups excluding carboxylic acids is 1. The smallest absolute Gasteiger partial charge is 0.416 e. The van der Waals surface area contributed by atoms with Crippen LogP contribution >= 0.6 is 23.2 Å². The van der Waals surface area contributed by atoms with Gasteiger partial charge in [-0.05, 0) is 24.3 Å². The lowest BCUT2D eigenvalue weighted by molar-refractivity contribution is -0.137. The number of pyridine rings is 1. The summed E-state index contributed by atoms with van der Waals surface area (Å²) in [4.78, 5) is 17.9. The Labute approximate surface area is 157 Å². The average Bonchev–Trinajstić information content (AvgIpc) is 3.02. The number of amides is 1. The maximum Gasteiger partial charge on any atom is 0.416 e. The molecule has 2 heterocycles. The molecule has 1 aliphatic heterocycles. The van der Waals surface area contributed by atoms with Crippen LogP contribution < -0.4 is 4.74 Å². The highest BCUT2D eigenvalue weighted by atomic mass is 35.5. The molecular formula is C17H13Cl2F3N2O2. The van der Waals surface area contributed by atoms with Crippen LogP contribution in [0.2, 0.25) is 10.0 Å². The fraction of sp³-hybridized carbons (Fsp3) is 0.294. The molecule has 26 heavy (non-hydrogen) atoms. The van der Waals surface area contributed by atoms with E-state index in [1.165, 1.54) is 17.0 Å². The lowest BCUT2D eigenvalue weighted by atomic mass is 10.2. The van der Waals surface area contributed by atoms with Crippen molar-refractivity contribution < 1.29 is 22.7 Å². The van der Waals surface area contributed by atoms with Crippen molar-refractivity contribution in [3.8, 4) is 5.88 Å². The van der Waals surface area contributed by atoms with Gasteiger partial charge in [-0.1, -0.05) is 23.2 Å². The molecule has 0 bridgehead atoms. The Morgan fingerprint density at radius 2 is 2.00 bits per heavy atom. The monoisotopic (exact) mass is 404 g/mol. The third-order valence-electron chi connectivity index (χ3n) is 3.94. The molecule has 0 aliphatic carbocycles. The molecule has 1 saturated heterocycles. The molecule has 0 spiro atoms. The molecule has 1 atom stereocenters. The van der Waals surface area contributed by atoms with Crippen molar-refractivity contribution in [3.05, 3.63) is 57.7 Å². The number of likely N-dealkylation sites (tertiary alicyclic amines) is 1. The van der Waals surface area contributed by atoms with E-state index in [9.17, 15) is 18.0 Å². The van der Waals surface area contributed by atoms with Gasteiger partial charge in [-0.15, -0.1) is 0 Å². The maximum absolute atomic E-state index is 12.7. The topological polar surface area (TPSA) is 42.4 Å². The highest BCUT2D eigenvalue weighted by molar-refractivity contribution is 6.36. The van der Waals surface area contributed by atoms with E-state index >= 15 is 0 Å². The third kappa shape index (κ3) is 4.22. The second-order valence-electron chi connectivity index (χ2n) is 5.78. The number of halogens is 5. The van der Waals surface area contributed by atoms with Gasteiger partial charge in [-0.3, -0.25) is 4.79 Å². The van der Waals surface area contributed by atoms with Crippen LogP contribution in [0.15, 0.2) is 36.5 Å². The van der Waals surface area contributed by atoms with E-state index in [0.29, 0.717) is 23.6 Å². The Morgan fingerprint density at radius 3 is 2.69 bits per heavy atom. The first-order valence-corrected chi connectivity index (χ1v) is 8.44. The summed E-state index contributed by atoms with van der Waals surface area (Å²) in [5.41, 5.74) is -0.518. The number of hydrogen-bond acceptors (Lipinski definition) is 3. The van der Waals surface area contributed by atoms with Crippen LogP contribution in [-0.2, 0) is 6.18 Å². The van der Waals surface area contributed by atoms with Crippen molar-refractivity contribution in [1.29, 1.82) is 0 Å². The molecule has 4 nitrogen and oxygen atoms in total. The average molecular weight is 405 g/mol. The van der Waals surface area contributed by atoms with E-state index in [1.807, 2.05) is 0 Å². The van der Waals surface area contributed by atoms with Gasteiger partial charge in [-0.25, -0.2) is 4.98 Å².